The lowest BCUT2D eigenvalue weighted by molar-refractivity contribution is -0.138. The second-order valence-electron chi connectivity index (χ2n) is 5.72. The number of hydrogen-bond acceptors (Lipinski definition) is 2. The zero-order chi connectivity index (χ0) is 15.8. The van der Waals surface area contributed by atoms with Crippen LogP contribution in [0.5, 0.6) is 0 Å². The van der Waals surface area contributed by atoms with Gasteiger partial charge in [0.05, 0.1) is 11.1 Å². The van der Waals surface area contributed by atoms with Gasteiger partial charge in [-0.2, -0.15) is 13.2 Å². The average Bonchev–Trinajstić information content (AvgIpc) is 2.40. The van der Waals surface area contributed by atoms with E-state index in [0.717, 1.165) is 18.6 Å². The fourth-order valence-electron chi connectivity index (χ4n) is 2.65. The molecule has 116 valence electrons. The van der Waals surface area contributed by atoms with Crippen LogP contribution in [0.4, 0.5) is 18.9 Å². The molecule has 0 amide bonds. The minimum Gasteiger partial charge on any atom is -0.478 e. The molecule has 1 fully saturated rings. The molecule has 1 N–H and O–H groups in total. The van der Waals surface area contributed by atoms with Crippen molar-refractivity contribution in [3.63, 3.8) is 0 Å². The smallest absolute Gasteiger partial charge is 0.417 e. The predicted octanol–water partition coefficient (Wildman–Crippen LogP) is 3.89. The highest BCUT2D eigenvalue weighted by molar-refractivity contribution is 5.90. The molecule has 0 radical (unpaired) electrons. The van der Waals surface area contributed by atoms with Crippen molar-refractivity contribution in [2.75, 3.05) is 18.0 Å². The molecule has 0 spiro atoms. The first-order valence-electron chi connectivity index (χ1n) is 6.89. The molecule has 0 aromatic heterocycles. The number of halogens is 3. The minimum absolute atomic E-state index is 0.396. The Balaban J connectivity index is 2.36. The van der Waals surface area contributed by atoms with Gasteiger partial charge in [-0.15, -0.1) is 0 Å². The van der Waals surface area contributed by atoms with E-state index in [1.54, 1.807) is 0 Å². The van der Waals surface area contributed by atoms with Crippen LogP contribution < -0.4 is 4.90 Å². The molecule has 1 aromatic rings. The molecular weight excluding hydrogens is 283 g/mol. The van der Waals surface area contributed by atoms with E-state index >= 15 is 0 Å². The Labute approximate surface area is 121 Å². The number of alkyl halides is 3. The number of carboxylic acids is 1. The number of carbonyl (C=O) groups is 1. The molecule has 1 heterocycles. The maximum absolute atomic E-state index is 13.0. The van der Waals surface area contributed by atoms with Gasteiger partial charge in [-0.05, 0) is 36.5 Å². The van der Waals surface area contributed by atoms with Crippen LogP contribution in [0.1, 0.15) is 36.2 Å². The van der Waals surface area contributed by atoms with Gasteiger partial charge >= 0.3 is 12.1 Å². The van der Waals surface area contributed by atoms with Crippen molar-refractivity contribution in [1.82, 2.24) is 0 Å². The van der Waals surface area contributed by atoms with Crippen LogP contribution >= 0.6 is 0 Å². The average molecular weight is 301 g/mol. The van der Waals surface area contributed by atoms with Crippen molar-refractivity contribution in [2.24, 2.45) is 11.8 Å². The summed E-state index contributed by atoms with van der Waals surface area (Å²) < 4.78 is 39.0. The standard InChI is InChI=1S/C15H18F3NO2/c1-9-5-6-19(8-10(9)2)11-3-4-12(14(20)21)13(7-11)15(16,17)18/h3-4,7,9-10H,5-6,8H2,1-2H3,(H,20,21). The van der Waals surface area contributed by atoms with E-state index in [1.807, 2.05) is 4.90 Å². The molecule has 0 aliphatic carbocycles. The Morgan fingerprint density at radius 2 is 1.95 bits per heavy atom. The third-order valence-electron chi connectivity index (χ3n) is 4.24. The lowest BCUT2D eigenvalue weighted by atomic mass is 9.88. The van der Waals surface area contributed by atoms with Gasteiger partial charge in [0.25, 0.3) is 0 Å². The largest absolute Gasteiger partial charge is 0.478 e. The fraction of sp³-hybridized carbons (Fsp3) is 0.533. The highest BCUT2D eigenvalue weighted by atomic mass is 19.4. The Bertz CT molecular complexity index is 542. The van der Waals surface area contributed by atoms with Crippen molar-refractivity contribution >= 4 is 11.7 Å². The van der Waals surface area contributed by atoms with Crippen molar-refractivity contribution in [1.29, 1.82) is 0 Å². The molecule has 1 aliphatic heterocycles. The number of piperidine rings is 1. The summed E-state index contributed by atoms with van der Waals surface area (Å²) in [4.78, 5) is 12.8. The predicted molar refractivity (Wildman–Crippen MR) is 73.6 cm³/mol. The number of hydrogen-bond donors (Lipinski definition) is 1. The fourth-order valence-corrected chi connectivity index (χ4v) is 2.65. The van der Waals surface area contributed by atoms with Crippen molar-refractivity contribution in [3.8, 4) is 0 Å². The second kappa shape index (κ2) is 5.58. The highest BCUT2D eigenvalue weighted by Gasteiger charge is 2.36. The molecule has 1 aromatic carbocycles. The first-order valence-corrected chi connectivity index (χ1v) is 6.89. The Morgan fingerprint density at radius 3 is 2.48 bits per heavy atom. The van der Waals surface area contributed by atoms with Gasteiger partial charge in [0.2, 0.25) is 0 Å². The molecule has 6 heteroatoms. The molecule has 0 saturated carbocycles. The summed E-state index contributed by atoms with van der Waals surface area (Å²) in [6.07, 6.45) is -3.75. The van der Waals surface area contributed by atoms with Crippen LogP contribution in [-0.2, 0) is 6.18 Å². The summed E-state index contributed by atoms with van der Waals surface area (Å²) in [5, 5.41) is 8.89. The van der Waals surface area contributed by atoms with Crippen LogP contribution in [0.15, 0.2) is 18.2 Å². The number of rotatable bonds is 2. The summed E-state index contributed by atoms with van der Waals surface area (Å²) in [7, 11) is 0. The van der Waals surface area contributed by atoms with Crippen molar-refractivity contribution in [2.45, 2.75) is 26.4 Å². The summed E-state index contributed by atoms with van der Waals surface area (Å²) in [5.74, 6) is -0.622. The van der Waals surface area contributed by atoms with Crippen molar-refractivity contribution < 1.29 is 23.1 Å². The van der Waals surface area contributed by atoms with Crippen LogP contribution in [0.25, 0.3) is 0 Å². The van der Waals surface area contributed by atoms with Gasteiger partial charge in [0.1, 0.15) is 0 Å². The lowest BCUT2D eigenvalue weighted by Crippen LogP contribution is -2.38. The van der Waals surface area contributed by atoms with E-state index in [0.29, 0.717) is 30.6 Å². The number of benzene rings is 1. The summed E-state index contributed by atoms with van der Waals surface area (Å²) in [6.45, 7) is 5.59. The minimum atomic E-state index is -4.67. The van der Waals surface area contributed by atoms with E-state index in [4.69, 9.17) is 5.11 Å². The number of carboxylic acid groups (broad SMARTS) is 1. The maximum Gasteiger partial charge on any atom is 0.417 e. The lowest BCUT2D eigenvalue weighted by Gasteiger charge is -2.37. The second-order valence-corrected chi connectivity index (χ2v) is 5.72. The third kappa shape index (κ3) is 3.31. The molecular formula is C15H18F3NO2. The van der Waals surface area contributed by atoms with E-state index < -0.39 is 23.3 Å². The van der Waals surface area contributed by atoms with Gasteiger partial charge in [0.15, 0.2) is 0 Å². The number of aromatic carboxylic acids is 1. The third-order valence-corrected chi connectivity index (χ3v) is 4.24. The molecule has 2 unspecified atom stereocenters. The number of anilines is 1. The van der Waals surface area contributed by atoms with E-state index in [-0.39, 0.29) is 0 Å². The molecule has 1 aliphatic rings. The highest BCUT2D eigenvalue weighted by Crippen LogP contribution is 2.36. The van der Waals surface area contributed by atoms with Gasteiger partial charge < -0.3 is 10.0 Å². The summed E-state index contributed by atoms with van der Waals surface area (Å²) >= 11 is 0. The first kappa shape index (κ1) is 15.7. The van der Waals surface area contributed by atoms with Crippen LogP contribution in [0, 0.1) is 11.8 Å². The van der Waals surface area contributed by atoms with Crippen LogP contribution in [0.3, 0.4) is 0 Å². The van der Waals surface area contributed by atoms with Crippen LogP contribution in [-0.4, -0.2) is 24.2 Å². The summed E-state index contributed by atoms with van der Waals surface area (Å²) in [5.41, 5.74) is -1.35. The molecule has 3 nitrogen and oxygen atoms in total. The van der Waals surface area contributed by atoms with E-state index in [9.17, 15) is 18.0 Å². The molecule has 2 rings (SSSR count). The SMILES string of the molecule is CC1CCN(c2ccc(C(=O)O)c(C(F)(F)F)c2)CC1C. The van der Waals surface area contributed by atoms with Gasteiger partial charge in [0, 0.05) is 18.8 Å². The van der Waals surface area contributed by atoms with Crippen LogP contribution in [0.2, 0.25) is 0 Å². The first-order chi connectivity index (χ1) is 9.70. The molecule has 1 saturated heterocycles. The topological polar surface area (TPSA) is 40.5 Å². The maximum atomic E-state index is 13.0. The summed E-state index contributed by atoms with van der Waals surface area (Å²) in [6, 6.07) is 3.46. The Morgan fingerprint density at radius 1 is 1.29 bits per heavy atom. The molecule has 2 atom stereocenters. The number of nitrogens with zero attached hydrogens (tertiary/aromatic N) is 1. The quantitative estimate of drug-likeness (QED) is 0.901. The molecule has 21 heavy (non-hydrogen) atoms. The normalized spacial score (nSPS) is 23.2. The monoisotopic (exact) mass is 301 g/mol. The van der Waals surface area contributed by atoms with E-state index in [1.165, 1.54) is 6.07 Å². The van der Waals surface area contributed by atoms with Gasteiger partial charge in [-0.25, -0.2) is 4.79 Å². The Kier molecular flexibility index (Phi) is 4.16. The zero-order valence-electron chi connectivity index (χ0n) is 11.9. The van der Waals surface area contributed by atoms with E-state index in [2.05, 4.69) is 13.8 Å². The van der Waals surface area contributed by atoms with Gasteiger partial charge in [-0.1, -0.05) is 13.8 Å². The zero-order valence-corrected chi connectivity index (χ0v) is 11.9. The van der Waals surface area contributed by atoms with Crippen molar-refractivity contribution in [3.05, 3.63) is 29.3 Å². The molecule has 0 bridgehead atoms. The Hall–Kier alpha value is -1.72. The van der Waals surface area contributed by atoms with Gasteiger partial charge in [-0.3, -0.25) is 0 Å².